The Morgan fingerprint density at radius 1 is 1.82 bits per heavy atom. The van der Waals surface area contributed by atoms with E-state index in [0.717, 1.165) is 0 Å². The molecule has 0 bridgehead atoms. The van der Waals surface area contributed by atoms with E-state index in [1.54, 1.807) is 25.4 Å². The van der Waals surface area contributed by atoms with Crippen molar-refractivity contribution in [3.8, 4) is 0 Å². The molecule has 0 fully saturated rings. The third kappa shape index (κ3) is 1.59. The van der Waals surface area contributed by atoms with Crippen molar-refractivity contribution in [1.82, 2.24) is 4.98 Å². The zero-order chi connectivity index (χ0) is 8.27. The number of likely N-dealkylation sites (N-methyl/N-ethyl adjacent to an activating group) is 1. The molecule has 0 unspecified atom stereocenters. The zero-order valence-electron chi connectivity index (χ0n) is 6.24. The highest BCUT2D eigenvalue weighted by Gasteiger charge is 2.08. The van der Waals surface area contributed by atoms with Crippen molar-refractivity contribution in [3.05, 3.63) is 18.3 Å². The van der Waals surface area contributed by atoms with Crippen LogP contribution in [0.2, 0.25) is 0 Å². The molecule has 1 aromatic rings. The van der Waals surface area contributed by atoms with Crippen molar-refractivity contribution < 1.29 is 9.90 Å². The summed E-state index contributed by atoms with van der Waals surface area (Å²) in [5.41, 5.74) is 0. The molecular formula is C7H10N2O2. The van der Waals surface area contributed by atoms with E-state index >= 15 is 0 Å². The molecule has 0 aliphatic heterocycles. The van der Waals surface area contributed by atoms with Gasteiger partial charge in [0.2, 0.25) is 0 Å². The molecule has 0 aliphatic rings. The van der Waals surface area contributed by atoms with Gasteiger partial charge in [-0.25, -0.2) is 0 Å². The van der Waals surface area contributed by atoms with Gasteiger partial charge in [-0.2, -0.15) is 0 Å². The van der Waals surface area contributed by atoms with Gasteiger partial charge in [0, 0.05) is 13.2 Å². The fourth-order valence-electron chi connectivity index (χ4n) is 0.770. The second-order valence-electron chi connectivity index (χ2n) is 2.17. The second kappa shape index (κ2) is 3.21. The number of carbonyl (C=O) groups excluding carboxylic acids is 1. The lowest BCUT2D eigenvalue weighted by atomic mass is 10.5. The number of aliphatic hydroxyl groups is 1. The number of hydrogen-bond acceptors (Lipinski definition) is 2. The van der Waals surface area contributed by atoms with Gasteiger partial charge in [0.1, 0.15) is 12.4 Å². The van der Waals surface area contributed by atoms with Crippen LogP contribution in [-0.2, 0) is 4.79 Å². The highest BCUT2D eigenvalue weighted by atomic mass is 16.3. The number of aromatic amines is 1. The predicted octanol–water partition coefficient (Wildman–Crippen LogP) is -0.0302. The molecule has 0 atom stereocenters. The van der Waals surface area contributed by atoms with Crippen molar-refractivity contribution >= 4 is 11.7 Å². The highest BCUT2D eigenvalue weighted by Crippen LogP contribution is 2.06. The molecule has 4 heteroatoms. The Morgan fingerprint density at radius 2 is 2.55 bits per heavy atom. The predicted molar refractivity (Wildman–Crippen MR) is 41.3 cm³/mol. The molecule has 0 radical (unpaired) electrons. The summed E-state index contributed by atoms with van der Waals surface area (Å²) in [6.45, 7) is -0.463. The van der Waals surface area contributed by atoms with E-state index in [1.807, 2.05) is 0 Å². The summed E-state index contributed by atoms with van der Waals surface area (Å²) < 4.78 is 0. The minimum absolute atomic E-state index is 0.326. The summed E-state index contributed by atoms with van der Waals surface area (Å²) in [5.74, 6) is 0.358. The third-order valence-electron chi connectivity index (χ3n) is 1.45. The normalized spacial score (nSPS) is 9.64. The van der Waals surface area contributed by atoms with Crippen molar-refractivity contribution in [3.63, 3.8) is 0 Å². The maximum atomic E-state index is 10.9. The van der Waals surface area contributed by atoms with E-state index in [9.17, 15) is 4.79 Å². The van der Waals surface area contributed by atoms with Crippen LogP contribution in [0.3, 0.4) is 0 Å². The van der Waals surface area contributed by atoms with Crippen molar-refractivity contribution in [2.24, 2.45) is 0 Å². The minimum Gasteiger partial charge on any atom is -0.387 e. The summed E-state index contributed by atoms with van der Waals surface area (Å²) in [6.07, 6.45) is 1.72. The van der Waals surface area contributed by atoms with E-state index in [1.165, 1.54) is 4.90 Å². The van der Waals surface area contributed by atoms with Gasteiger partial charge < -0.3 is 10.1 Å². The monoisotopic (exact) mass is 154 g/mol. The average molecular weight is 154 g/mol. The summed E-state index contributed by atoms with van der Waals surface area (Å²) >= 11 is 0. The van der Waals surface area contributed by atoms with Gasteiger partial charge in [0.15, 0.2) is 0 Å². The van der Waals surface area contributed by atoms with E-state index in [4.69, 9.17) is 5.11 Å². The summed E-state index contributed by atoms with van der Waals surface area (Å²) in [4.78, 5) is 15.1. The van der Waals surface area contributed by atoms with Gasteiger partial charge in [-0.15, -0.1) is 0 Å². The molecule has 2 N–H and O–H groups in total. The molecule has 1 rings (SSSR count). The Labute approximate surface area is 64.5 Å². The Bertz CT molecular complexity index is 231. The number of rotatable bonds is 2. The van der Waals surface area contributed by atoms with Crippen LogP contribution in [0.15, 0.2) is 18.3 Å². The van der Waals surface area contributed by atoms with Gasteiger partial charge in [0.05, 0.1) is 0 Å². The first-order chi connectivity index (χ1) is 5.25. The molecule has 11 heavy (non-hydrogen) atoms. The third-order valence-corrected chi connectivity index (χ3v) is 1.45. The van der Waals surface area contributed by atoms with Crippen molar-refractivity contribution in [2.45, 2.75) is 0 Å². The minimum atomic E-state index is -0.463. The maximum Gasteiger partial charge on any atom is 0.253 e. The van der Waals surface area contributed by atoms with Crippen LogP contribution < -0.4 is 4.90 Å². The molecular weight excluding hydrogens is 144 g/mol. The van der Waals surface area contributed by atoms with Crippen molar-refractivity contribution in [2.75, 3.05) is 18.6 Å². The number of hydrogen-bond donors (Lipinski definition) is 2. The lowest BCUT2D eigenvalue weighted by Crippen LogP contribution is -2.28. The van der Waals surface area contributed by atoms with Crippen LogP contribution in [-0.4, -0.2) is 29.7 Å². The van der Waals surface area contributed by atoms with Crippen LogP contribution >= 0.6 is 0 Å². The smallest absolute Gasteiger partial charge is 0.253 e. The van der Waals surface area contributed by atoms with Crippen LogP contribution in [0.4, 0.5) is 5.82 Å². The van der Waals surface area contributed by atoms with Gasteiger partial charge in [-0.3, -0.25) is 9.69 Å². The van der Waals surface area contributed by atoms with E-state index in [2.05, 4.69) is 4.98 Å². The largest absolute Gasteiger partial charge is 0.387 e. The number of amides is 1. The molecule has 0 saturated carbocycles. The number of nitrogens with one attached hydrogen (secondary N) is 1. The van der Waals surface area contributed by atoms with Gasteiger partial charge >= 0.3 is 0 Å². The first kappa shape index (κ1) is 7.81. The number of carbonyl (C=O) groups is 1. The Morgan fingerprint density at radius 3 is 3.00 bits per heavy atom. The van der Waals surface area contributed by atoms with Gasteiger partial charge in [0.25, 0.3) is 5.91 Å². The highest BCUT2D eigenvalue weighted by molar-refractivity contribution is 5.92. The van der Waals surface area contributed by atoms with Crippen LogP contribution in [0.5, 0.6) is 0 Å². The Kier molecular flexibility index (Phi) is 2.28. The quantitative estimate of drug-likeness (QED) is 0.628. The molecule has 60 valence electrons. The van der Waals surface area contributed by atoms with Crippen LogP contribution in [0.25, 0.3) is 0 Å². The fraction of sp³-hybridized carbons (Fsp3) is 0.286. The lowest BCUT2D eigenvalue weighted by Gasteiger charge is -2.12. The maximum absolute atomic E-state index is 10.9. The number of nitrogens with zero attached hydrogens (tertiary/aromatic N) is 1. The number of H-pyrrole nitrogens is 1. The van der Waals surface area contributed by atoms with Gasteiger partial charge in [-0.1, -0.05) is 0 Å². The van der Waals surface area contributed by atoms with E-state index in [-0.39, 0.29) is 5.91 Å². The van der Waals surface area contributed by atoms with Crippen LogP contribution in [0.1, 0.15) is 0 Å². The molecule has 1 heterocycles. The SMILES string of the molecule is CN(C(=O)CO)c1ccc[nH]1. The molecule has 0 saturated heterocycles. The van der Waals surface area contributed by atoms with E-state index < -0.39 is 6.61 Å². The number of anilines is 1. The Balaban J connectivity index is 2.70. The lowest BCUT2D eigenvalue weighted by molar-refractivity contribution is -0.121. The summed E-state index contributed by atoms with van der Waals surface area (Å²) in [6, 6.07) is 3.55. The number of aromatic nitrogens is 1. The molecule has 1 aromatic heterocycles. The number of aliphatic hydroxyl groups excluding tert-OH is 1. The molecule has 0 aromatic carbocycles. The fourth-order valence-corrected chi connectivity index (χ4v) is 0.770. The summed E-state index contributed by atoms with van der Waals surface area (Å²) in [7, 11) is 1.60. The summed E-state index contributed by atoms with van der Waals surface area (Å²) in [5, 5.41) is 8.50. The average Bonchev–Trinajstić information content (AvgIpc) is 2.53. The molecule has 4 nitrogen and oxygen atoms in total. The molecule has 0 aliphatic carbocycles. The zero-order valence-corrected chi connectivity index (χ0v) is 6.24. The standard InChI is InChI=1S/C7H10N2O2/c1-9(7(11)5-10)6-3-2-4-8-6/h2-4,8,10H,5H2,1H3. The van der Waals surface area contributed by atoms with Gasteiger partial charge in [-0.05, 0) is 12.1 Å². The first-order valence-electron chi connectivity index (χ1n) is 3.26. The molecule has 1 amide bonds. The van der Waals surface area contributed by atoms with Crippen LogP contribution in [0, 0.1) is 0 Å². The topological polar surface area (TPSA) is 56.3 Å². The Hall–Kier alpha value is -1.29. The van der Waals surface area contributed by atoms with E-state index in [0.29, 0.717) is 5.82 Å². The second-order valence-corrected chi connectivity index (χ2v) is 2.17. The molecule has 0 spiro atoms. The van der Waals surface area contributed by atoms with Crippen molar-refractivity contribution in [1.29, 1.82) is 0 Å². The first-order valence-corrected chi connectivity index (χ1v) is 3.26.